The van der Waals surface area contributed by atoms with Gasteiger partial charge in [0.1, 0.15) is 11.3 Å². The molecule has 1 fully saturated rings. The van der Waals surface area contributed by atoms with Gasteiger partial charge in [0, 0.05) is 12.1 Å². The lowest BCUT2D eigenvalue weighted by Crippen LogP contribution is -2.54. The minimum atomic E-state index is -0.590. The molecule has 0 spiro atoms. The molecular formula is C20H18N2O6S. The van der Waals surface area contributed by atoms with Crippen molar-refractivity contribution in [3.05, 3.63) is 54.0 Å². The standard InChI is InChI=1S/C20H18N2O6S/c1-25-15-10-12(11-16(26-2)17(15)27-3)22-19(24)14(18(23)21-20(22)29)8-4-6-13-7-5-9-28-13/h4-11H,1-3H3,(H,21,23,29)/b6-4+,14-8-. The maximum atomic E-state index is 13.0. The van der Waals surface area contributed by atoms with Gasteiger partial charge in [0.15, 0.2) is 16.6 Å². The first-order chi connectivity index (χ1) is 14.0. The summed E-state index contributed by atoms with van der Waals surface area (Å²) in [5.41, 5.74) is 0.269. The third-order valence-corrected chi connectivity index (χ3v) is 4.36. The van der Waals surface area contributed by atoms with E-state index >= 15 is 0 Å². The van der Waals surface area contributed by atoms with Crippen molar-refractivity contribution in [2.24, 2.45) is 0 Å². The molecule has 1 aromatic heterocycles. The lowest BCUT2D eigenvalue weighted by Gasteiger charge is -2.29. The van der Waals surface area contributed by atoms with Crippen molar-refractivity contribution in [1.29, 1.82) is 0 Å². The van der Waals surface area contributed by atoms with Crippen molar-refractivity contribution in [2.45, 2.75) is 0 Å². The molecule has 1 N–H and O–H groups in total. The van der Waals surface area contributed by atoms with Crippen molar-refractivity contribution >= 4 is 40.9 Å². The van der Waals surface area contributed by atoms with E-state index in [0.717, 1.165) is 0 Å². The van der Waals surface area contributed by atoms with Crippen molar-refractivity contribution in [3.63, 3.8) is 0 Å². The zero-order valence-electron chi connectivity index (χ0n) is 15.9. The predicted octanol–water partition coefficient (Wildman–Crippen LogP) is 2.69. The molecule has 1 aliphatic heterocycles. The van der Waals surface area contributed by atoms with E-state index in [9.17, 15) is 9.59 Å². The second kappa shape index (κ2) is 8.61. The van der Waals surface area contributed by atoms with Crippen molar-refractivity contribution in [1.82, 2.24) is 5.32 Å². The van der Waals surface area contributed by atoms with Gasteiger partial charge in [-0.05, 0) is 36.5 Å². The second-order valence-corrected chi connectivity index (χ2v) is 6.12. The molecule has 0 atom stereocenters. The Morgan fingerprint density at radius 2 is 1.79 bits per heavy atom. The van der Waals surface area contributed by atoms with Crippen LogP contribution in [-0.2, 0) is 9.59 Å². The van der Waals surface area contributed by atoms with E-state index in [1.165, 1.54) is 38.6 Å². The molecule has 1 aromatic carbocycles. The molecule has 2 heterocycles. The number of hydrogen-bond donors (Lipinski definition) is 1. The highest BCUT2D eigenvalue weighted by atomic mass is 32.1. The zero-order chi connectivity index (χ0) is 21.0. The molecule has 2 amide bonds. The van der Waals surface area contributed by atoms with Crippen molar-refractivity contribution in [2.75, 3.05) is 26.2 Å². The number of thiocarbonyl (C=S) groups is 1. The Kier molecular flexibility index (Phi) is 5.99. The van der Waals surface area contributed by atoms with Crippen LogP contribution in [0.5, 0.6) is 17.2 Å². The fraction of sp³-hybridized carbons (Fsp3) is 0.150. The van der Waals surface area contributed by atoms with Crippen LogP contribution in [0.15, 0.2) is 52.7 Å². The Morgan fingerprint density at radius 1 is 1.10 bits per heavy atom. The summed E-state index contributed by atoms with van der Waals surface area (Å²) in [5, 5.41) is 2.46. The number of rotatable bonds is 6. The molecule has 0 aliphatic carbocycles. The van der Waals surface area contributed by atoms with E-state index < -0.39 is 11.8 Å². The van der Waals surface area contributed by atoms with Gasteiger partial charge in [0.05, 0.1) is 33.3 Å². The third-order valence-electron chi connectivity index (χ3n) is 4.08. The number of carbonyl (C=O) groups excluding carboxylic acids is 2. The Hall–Kier alpha value is -3.59. The minimum absolute atomic E-state index is 0.0542. The Bertz CT molecular complexity index is 985. The summed E-state index contributed by atoms with van der Waals surface area (Å²) < 4.78 is 21.1. The van der Waals surface area contributed by atoms with Crippen LogP contribution in [0.4, 0.5) is 5.69 Å². The molecule has 1 aliphatic rings. The van der Waals surface area contributed by atoms with E-state index in [-0.39, 0.29) is 10.7 Å². The molecule has 3 rings (SSSR count). The number of methoxy groups -OCH3 is 3. The largest absolute Gasteiger partial charge is 0.493 e. The zero-order valence-corrected chi connectivity index (χ0v) is 16.7. The van der Waals surface area contributed by atoms with Crippen LogP contribution >= 0.6 is 12.2 Å². The summed E-state index contributed by atoms with van der Waals surface area (Å²) >= 11 is 5.21. The molecular weight excluding hydrogens is 396 g/mol. The second-order valence-electron chi connectivity index (χ2n) is 5.74. The highest BCUT2D eigenvalue weighted by Gasteiger charge is 2.35. The summed E-state index contributed by atoms with van der Waals surface area (Å²) in [7, 11) is 4.40. The van der Waals surface area contributed by atoms with E-state index in [1.807, 2.05) is 0 Å². The van der Waals surface area contributed by atoms with Crippen LogP contribution in [0, 0.1) is 0 Å². The quantitative estimate of drug-likeness (QED) is 0.442. The van der Waals surface area contributed by atoms with Gasteiger partial charge in [-0.15, -0.1) is 0 Å². The van der Waals surface area contributed by atoms with Gasteiger partial charge in [-0.25, -0.2) is 0 Å². The Morgan fingerprint density at radius 3 is 2.34 bits per heavy atom. The number of benzene rings is 1. The van der Waals surface area contributed by atoms with Gasteiger partial charge in [-0.3, -0.25) is 19.8 Å². The van der Waals surface area contributed by atoms with Gasteiger partial charge in [0.2, 0.25) is 5.75 Å². The highest BCUT2D eigenvalue weighted by molar-refractivity contribution is 7.80. The summed E-state index contributed by atoms with van der Waals surface area (Å²) in [6, 6.07) is 6.61. The van der Waals surface area contributed by atoms with Gasteiger partial charge in [0.25, 0.3) is 11.8 Å². The van der Waals surface area contributed by atoms with Gasteiger partial charge in [-0.1, -0.05) is 6.08 Å². The number of carbonyl (C=O) groups is 2. The summed E-state index contributed by atoms with van der Waals surface area (Å²) in [5.74, 6) is 0.470. The summed E-state index contributed by atoms with van der Waals surface area (Å²) in [4.78, 5) is 26.5. The monoisotopic (exact) mass is 414 g/mol. The first-order valence-corrected chi connectivity index (χ1v) is 8.82. The van der Waals surface area contributed by atoms with Crippen LogP contribution in [0.2, 0.25) is 0 Å². The number of allylic oxidation sites excluding steroid dienone is 2. The molecule has 8 nitrogen and oxygen atoms in total. The predicted molar refractivity (Wildman–Crippen MR) is 110 cm³/mol. The topological polar surface area (TPSA) is 90.2 Å². The number of furan rings is 1. The van der Waals surface area contributed by atoms with Crippen molar-refractivity contribution in [3.8, 4) is 17.2 Å². The number of anilines is 1. The fourth-order valence-electron chi connectivity index (χ4n) is 2.73. The number of ether oxygens (including phenoxy) is 3. The van der Waals surface area contributed by atoms with E-state index in [2.05, 4.69) is 5.32 Å². The van der Waals surface area contributed by atoms with E-state index in [1.54, 1.807) is 36.4 Å². The molecule has 0 unspecified atom stereocenters. The van der Waals surface area contributed by atoms with E-state index in [4.69, 9.17) is 30.8 Å². The Balaban J connectivity index is 1.99. The molecule has 2 aromatic rings. The van der Waals surface area contributed by atoms with Crippen LogP contribution in [-0.4, -0.2) is 38.3 Å². The number of amides is 2. The first kappa shape index (κ1) is 20.2. The van der Waals surface area contributed by atoms with Gasteiger partial charge >= 0.3 is 0 Å². The highest BCUT2D eigenvalue weighted by Crippen LogP contribution is 2.41. The average Bonchev–Trinajstić information content (AvgIpc) is 3.22. The molecule has 0 bridgehead atoms. The van der Waals surface area contributed by atoms with Crippen LogP contribution < -0.4 is 24.4 Å². The molecule has 0 saturated carbocycles. The maximum absolute atomic E-state index is 13.0. The molecule has 0 radical (unpaired) electrons. The number of nitrogens with one attached hydrogen (secondary N) is 1. The summed E-state index contributed by atoms with van der Waals surface area (Å²) in [6.45, 7) is 0. The SMILES string of the molecule is COc1cc(N2C(=O)/C(=C\C=C\c3ccco3)C(=O)NC2=S)cc(OC)c1OC. The van der Waals surface area contributed by atoms with Gasteiger partial charge in [-0.2, -0.15) is 0 Å². The van der Waals surface area contributed by atoms with Crippen LogP contribution in [0.25, 0.3) is 6.08 Å². The lowest BCUT2D eigenvalue weighted by atomic mass is 10.1. The normalized spacial score (nSPS) is 15.8. The molecule has 1 saturated heterocycles. The van der Waals surface area contributed by atoms with E-state index in [0.29, 0.717) is 28.7 Å². The van der Waals surface area contributed by atoms with Crippen LogP contribution in [0.1, 0.15) is 5.76 Å². The fourth-order valence-corrected chi connectivity index (χ4v) is 3.01. The molecule has 29 heavy (non-hydrogen) atoms. The molecule has 9 heteroatoms. The minimum Gasteiger partial charge on any atom is -0.493 e. The average molecular weight is 414 g/mol. The third kappa shape index (κ3) is 3.99. The number of nitrogens with zero attached hydrogens (tertiary/aromatic N) is 1. The first-order valence-electron chi connectivity index (χ1n) is 8.41. The van der Waals surface area contributed by atoms with Crippen LogP contribution in [0.3, 0.4) is 0 Å². The molecule has 150 valence electrons. The maximum Gasteiger partial charge on any atom is 0.270 e. The van der Waals surface area contributed by atoms with Gasteiger partial charge < -0.3 is 18.6 Å². The van der Waals surface area contributed by atoms with Crippen molar-refractivity contribution < 1.29 is 28.2 Å². The number of hydrogen-bond acceptors (Lipinski definition) is 7. The lowest BCUT2D eigenvalue weighted by molar-refractivity contribution is -0.122. The Labute approximate surface area is 172 Å². The smallest absolute Gasteiger partial charge is 0.270 e. The summed E-state index contributed by atoms with van der Waals surface area (Å²) in [6.07, 6.45) is 6.10.